The summed E-state index contributed by atoms with van der Waals surface area (Å²) in [5.41, 5.74) is 6.79. The number of rotatable bonds is 5. The minimum Gasteiger partial charge on any atom is -0.464 e. The van der Waals surface area contributed by atoms with Crippen LogP contribution in [0.2, 0.25) is 0 Å². The number of nitrogens with two attached hydrogens (primary N) is 1. The third kappa shape index (κ3) is 2.33. The Balaban J connectivity index is 2.06. The number of nitrogens with one attached hydrogen (secondary N) is 1. The van der Waals surface area contributed by atoms with E-state index in [9.17, 15) is 0 Å². The Bertz CT molecular complexity index is 452. The van der Waals surface area contributed by atoms with E-state index in [2.05, 4.69) is 17.2 Å². The van der Waals surface area contributed by atoms with E-state index < -0.39 is 0 Å². The van der Waals surface area contributed by atoms with Gasteiger partial charge in [-0.2, -0.15) is 0 Å². The molecule has 16 heavy (non-hydrogen) atoms. The summed E-state index contributed by atoms with van der Waals surface area (Å²) in [4.78, 5) is 4.28. The van der Waals surface area contributed by atoms with E-state index in [-0.39, 0.29) is 6.04 Å². The van der Waals surface area contributed by atoms with Crippen molar-refractivity contribution in [3.63, 3.8) is 0 Å². The van der Waals surface area contributed by atoms with Crippen molar-refractivity contribution < 1.29 is 4.42 Å². The molecule has 1 atom stereocenters. The van der Waals surface area contributed by atoms with Crippen molar-refractivity contribution in [3.05, 3.63) is 24.6 Å². The van der Waals surface area contributed by atoms with Crippen molar-refractivity contribution in [1.29, 1.82) is 0 Å². The van der Waals surface area contributed by atoms with Gasteiger partial charge in [-0.3, -0.25) is 0 Å². The monoisotopic (exact) mass is 219 g/mol. The molecule has 0 saturated heterocycles. The van der Waals surface area contributed by atoms with Crippen molar-refractivity contribution in [3.8, 4) is 0 Å². The van der Waals surface area contributed by atoms with Gasteiger partial charge in [-0.15, -0.1) is 0 Å². The normalized spacial score (nSPS) is 12.9. The van der Waals surface area contributed by atoms with Gasteiger partial charge in [0.15, 0.2) is 0 Å². The zero-order valence-corrected chi connectivity index (χ0v) is 9.44. The summed E-state index contributed by atoms with van der Waals surface area (Å²) in [6, 6.07) is 3.94. The first kappa shape index (κ1) is 11.0. The van der Waals surface area contributed by atoms with Gasteiger partial charge >= 0.3 is 0 Å². The number of pyridine rings is 1. The highest BCUT2D eigenvalue weighted by molar-refractivity contribution is 5.87. The van der Waals surface area contributed by atoms with Crippen LogP contribution >= 0.6 is 0 Å². The van der Waals surface area contributed by atoms with Crippen molar-refractivity contribution in [2.24, 2.45) is 5.73 Å². The average Bonchev–Trinajstić information content (AvgIpc) is 2.75. The molecule has 0 aliphatic heterocycles. The van der Waals surface area contributed by atoms with Gasteiger partial charge in [0.2, 0.25) is 0 Å². The minimum atomic E-state index is 0.175. The van der Waals surface area contributed by atoms with E-state index in [1.54, 1.807) is 12.5 Å². The van der Waals surface area contributed by atoms with Crippen molar-refractivity contribution >= 4 is 16.8 Å². The molecule has 0 aliphatic rings. The summed E-state index contributed by atoms with van der Waals surface area (Å²) >= 11 is 0. The topological polar surface area (TPSA) is 64.1 Å². The molecule has 0 aliphatic carbocycles. The molecule has 0 fully saturated rings. The van der Waals surface area contributed by atoms with Crippen LogP contribution in [0.5, 0.6) is 0 Å². The number of hydrogen-bond donors (Lipinski definition) is 2. The number of nitrogens with zero attached hydrogens (tertiary/aromatic N) is 1. The van der Waals surface area contributed by atoms with Crippen molar-refractivity contribution in [1.82, 2.24) is 4.98 Å². The third-order valence-corrected chi connectivity index (χ3v) is 2.57. The Labute approximate surface area is 94.8 Å². The first-order valence-corrected chi connectivity index (χ1v) is 5.63. The predicted octanol–water partition coefficient (Wildman–Crippen LogP) is 2.37. The molecule has 0 bridgehead atoms. The highest BCUT2D eigenvalue weighted by Crippen LogP contribution is 2.21. The number of fused-ring (bicyclic) bond motifs is 1. The van der Waals surface area contributed by atoms with Crippen LogP contribution in [0.1, 0.15) is 19.8 Å². The largest absolute Gasteiger partial charge is 0.464 e. The molecule has 0 aromatic carbocycles. The maximum absolute atomic E-state index is 5.94. The molecule has 4 heteroatoms. The van der Waals surface area contributed by atoms with E-state index in [0.29, 0.717) is 0 Å². The molecule has 2 heterocycles. The molecular formula is C12H17N3O. The van der Waals surface area contributed by atoms with Gasteiger partial charge in [0.05, 0.1) is 11.6 Å². The SMILES string of the molecule is CCCC(N)CNc1nccc2occc12. The Morgan fingerprint density at radius 3 is 3.19 bits per heavy atom. The van der Waals surface area contributed by atoms with Crippen LogP contribution in [0.25, 0.3) is 11.0 Å². The first-order valence-electron chi connectivity index (χ1n) is 5.63. The lowest BCUT2D eigenvalue weighted by molar-refractivity contribution is 0.615. The molecule has 2 rings (SSSR count). The molecule has 0 saturated carbocycles. The number of aromatic nitrogens is 1. The predicted molar refractivity (Wildman–Crippen MR) is 65.4 cm³/mol. The summed E-state index contributed by atoms with van der Waals surface area (Å²) in [7, 11) is 0. The quantitative estimate of drug-likeness (QED) is 0.810. The standard InChI is InChI=1S/C12H17N3O/c1-2-3-9(13)8-15-12-10-5-7-16-11(10)4-6-14-12/h4-7,9H,2-3,8,13H2,1H3,(H,14,15). The van der Waals surface area contributed by atoms with E-state index in [4.69, 9.17) is 10.2 Å². The minimum absolute atomic E-state index is 0.175. The lowest BCUT2D eigenvalue weighted by Crippen LogP contribution is -2.28. The molecule has 0 amide bonds. The smallest absolute Gasteiger partial charge is 0.139 e. The Hall–Kier alpha value is -1.55. The second-order valence-electron chi connectivity index (χ2n) is 3.92. The van der Waals surface area contributed by atoms with Crippen LogP contribution in [-0.4, -0.2) is 17.6 Å². The highest BCUT2D eigenvalue weighted by atomic mass is 16.3. The van der Waals surface area contributed by atoms with Crippen LogP contribution in [-0.2, 0) is 0 Å². The Kier molecular flexibility index (Phi) is 3.41. The van der Waals surface area contributed by atoms with E-state index in [0.717, 1.165) is 36.2 Å². The van der Waals surface area contributed by atoms with Crippen LogP contribution in [0.4, 0.5) is 5.82 Å². The molecule has 1 unspecified atom stereocenters. The van der Waals surface area contributed by atoms with Crippen molar-refractivity contribution in [2.75, 3.05) is 11.9 Å². The summed E-state index contributed by atoms with van der Waals surface area (Å²) < 4.78 is 5.30. The van der Waals surface area contributed by atoms with Gasteiger partial charge in [0.1, 0.15) is 11.4 Å². The molecule has 0 spiro atoms. The zero-order chi connectivity index (χ0) is 11.4. The maximum Gasteiger partial charge on any atom is 0.139 e. The number of furan rings is 1. The number of anilines is 1. The van der Waals surface area contributed by atoms with Gasteiger partial charge < -0.3 is 15.5 Å². The molecule has 2 aromatic rings. The van der Waals surface area contributed by atoms with Crippen LogP contribution in [0, 0.1) is 0 Å². The first-order chi connectivity index (χ1) is 7.81. The van der Waals surface area contributed by atoms with Crippen LogP contribution < -0.4 is 11.1 Å². The molecule has 0 radical (unpaired) electrons. The van der Waals surface area contributed by atoms with Gasteiger partial charge in [0.25, 0.3) is 0 Å². The summed E-state index contributed by atoms with van der Waals surface area (Å²) in [5, 5.41) is 4.27. The lowest BCUT2D eigenvalue weighted by atomic mass is 10.2. The molecule has 2 aromatic heterocycles. The van der Waals surface area contributed by atoms with Gasteiger partial charge in [0, 0.05) is 18.8 Å². The zero-order valence-electron chi connectivity index (χ0n) is 9.44. The highest BCUT2D eigenvalue weighted by Gasteiger charge is 2.06. The number of hydrogen-bond acceptors (Lipinski definition) is 4. The van der Waals surface area contributed by atoms with E-state index in [1.165, 1.54) is 0 Å². The molecular weight excluding hydrogens is 202 g/mol. The second-order valence-corrected chi connectivity index (χ2v) is 3.92. The Morgan fingerprint density at radius 2 is 2.38 bits per heavy atom. The molecule has 86 valence electrons. The fraction of sp³-hybridized carbons (Fsp3) is 0.417. The van der Waals surface area contributed by atoms with E-state index >= 15 is 0 Å². The fourth-order valence-corrected chi connectivity index (χ4v) is 1.74. The molecule has 3 N–H and O–H groups in total. The van der Waals surface area contributed by atoms with Gasteiger partial charge in [-0.1, -0.05) is 13.3 Å². The average molecular weight is 219 g/mol. The summed E-state index contributed by atoms with van der Waals surface area (Å²) in [6.45, 7) is 2.88. The van der Waals surface area contributed by atoms with Crippen molar-refractivity contribution in [2.45, 2.75) is 25.8 Å². The van der Waals surface area contributed by atoms with E-state index in [1.807, 2.05) is 12.1 Å². The Morgan fingerprint density at radius 1 is 1.50 bits per heavy atom. The lowest BCUT2D eigenvalue weighted by Gasteiger charge is -2.12. The molecule has 4 nitrogen and oxygen atoms in total. The van der Waals surface area contributed by atoms with Gasteiger partial charge in [-0.05, 0) is 18.6 Å². The maximum atomic E-state index is 5.94. The second kappa shape index (κ2) is 4.99. The van der Waals surface area contributed by atoms with Gasteiger partial charge in [-0.25, -0.2) is 4.98 Å². The fourth-order valence-electron chi connectivity index (χ4n) is 1.74. The van der Waals surface area contributed by atoms with Crippen LogP contribution in [0.3, 0.4) is 0 Å². The van der Waals surface area contributed by atoms with Crippen LogP contribution in [0.15, 0.2) is 29.0 Å². The summed E-state index contributed by atoms with van der Waals surface area (Å²) in [6.07, 6.45) is 5.53. The summed E-state index contributed by atoms with van der Waals surface area (Å²) in [5.74, 6) is 0.845. The third-order valence-electron chi connectivity index (χ3n) is 2.57.